The van der Waals surface area contributed by atoms with Crippen LogP contribution in [0.25, 0.3) is 0 Å². The minimum absolute atomic E-state index is 0.182. The fourth-order valence-electron chi connectivity index (χ4n) is 1.15. The fraction of sp³-hybridized carbons (Fsp3) is 0.571. The second-order valence-corrected chi connectivity index (χ2v) is 2.50. The van der Waals surface area contributed by atoms with Gasteiger partial charge in [-0.15, -0.1) is 0 Å². The van der Waals surface area contributed by atoms with Gasteiger partial charge in [0, 0.05) is 13.1 Å². The van der Waals surface area contributed by atoms with Gasteiger partial charge in [0.2, 0.25) is 0 Å². The summed E-state index contributed by atoms with van der Waals surface area (Å²) in [7, 11) is 0. The highest BCUT2D eigenvalue weighted by molar-refractivity contribution is 5.70. The number of carboxylic acid groups (broad SMARTS) is 1. The van der Waals surface area contributed by atoms with Crippen molar-refractivity contribution in [3.8, 4) is 0 Å². The highest BCUT2D eigenvalue weighted by Gasteiger charge is 2.25. The van der Waals surface area contributed by atoms with E-state index >= 15 is 0 Å². The summed E-state index contributed by atoms with van der Waals surface area (Å²) in [6.07, 6.45) is 2.45. The smallest absolute Gasteiger partial charge is 0.308 e. The molecule has 1 unspecified atom stereocenters. The minimum atomic E-state index is -0.690. The van der Waals surface area contributed by atoms with Gasteiger partial charge in [-0.3, -0.25) is 4.79 Å². The molecule has 1 rings (SSSR count). The van der Waals surface area contributed by atoms with Gasteiger partial charge in [-0.25, -0.2) is 0 Å². The molecular formula is C7H11NO2. The van der Waals surface area contributed by atoms with Crippen molar-refractivity contribution >= 4 is 5.97 Å². The van der Waals surface area contributed by atoms with Crippen molar-refractivity contribution in [2.24, 2.45) is 5.92 Å². The van der Waals surface area contributed by atoms with E-state index in [4.69, 9.17) is 5.11 Å². The molecule has 0 bridgehead atoms. The predicted molar refractivity (Wildman–Crippen MR) is 37.5 cm³/mol. The fourth-order valence-corrected chi connectivity index (χ4v) is 1.15. The molecule has 0 aromatic heterocycles. The van der Waals surface area contributed by atoms with Crippen molar-refractivity contribution in [3.05, 3.63) is 12.8 Å². The van der Waals surface area contributed by atoms with Crippen LogP contribution < -0.4 is 0 Å². The van der Waals surface area contributed by atoms with Crippen LogP contribution in [0.15, 0.2) is 12.8 Å². The van der Waals surface area contributed by atoms with E-state index in [-0.39, 0.29) is 5.92 Å². The first-order valence-corrected chi connectivity index (χ1v) is 3.33. The van der Waals surface area contributed by atoms with E-state index in [1.807, 2.05) is 4.90 Å². The van der Waals surface area contributed by atoms with Crippen LogP contribution in [0.2, 0.25) is 0 Å². The summed E-state index contributed by atoms with van der Waals surface area (Å²) < 4.78 is 0. The van der Waals surface area contributed by atoms with Crippen LogP contribution in [0.3, 0.4) is 0 Å². The quantitative estimate of drug-likeness (QED) is 0.610. The molecular weight excluding hydrogens is 130 g/mol. The van der Waals surface area contributed by atoms with Gasteiger partial charge in [0.25, 0.3) is 0 Å². The van der Waals surface area contributed by atoms with Crippen molar-refractivity contribution in [1.29, 1.82) is 0 Å². The maximum absolute atomic E-state index is 10.4. The Morgan fingerprint density at radius 1 is 1.80 bits per heavy atom. The van der Waals surface area contributed by atoms with E-state index in [1.165, 1.54) is 0 Å². The zero-order chi connectivity index (χ0) is 7.56. The molecule has 3 heteroatoms. The van der Waals surface area contributed by atoms with Gasteiger partial charge in [-0.1, -0.05) is 6.58 Å². The highest BCUT2D eigenvalue weighted by Crippen LogP contribution is 2.15. The average Bonchev–Trinajstić information content (AvgIpc) is 2.34. The van der Waals surface area contributed by atoms with E-state index in [9.17, 15) is 4.79 Å². The molecule has 0 radical (unpaired) electrons. The van der Waals surface area contributed by atoms with Gasteiger partial charge < -0.3 is 10.0 Å². The number of carbonyl (C=O) groups is 1. The largest absolute Gasteiger partial charge is 0.481 e. The molecule has 1 saturated heterocycles. The number of carboxylic acids is 1. The average molecular weight is 141 g/mol. The molecule has 0 saturated carbocycles. The SMILES string of the molecule is C=CN1CCC(C(=O)O)C1. The molecule has 1 aliphatic heterocycles. The summed E-state index contributed by atoms with van der Waals surface area (Å²) in [4.78, 5) is 12.3. The number of nitrogens with zero attached hydrogens (tertiary/aromatic N) is 1. The van der Waals surface area contributed by atoms with Crippen molar-refractivity contribution in [2.45, 2.75) is 6.42 Å². The molecule has 56 valence electrons. The Hall–Kier alpha value is -0.990. The van der Waals surface area contributed by atoms with Crippen LogP contribution in [-0.4, -0.2) is 29.1 Å². The molecule has 0 spiro atoms. The Morgan fingerprint density at radius 3 is 2.80 bits per heavy atom. The van der Waals surface area contributed by atoms with Crippen LogP contribution in [0.1, 0.15) is 6.42 Å². The third-order valence-electron chi connectivity index (χ3n) is 1.83. The predicted octanol–water partition coefficient (Wildman–Crippen LogP) is 0.536. The lowest BCUT2D eigenvalue weighted by atomic mass is 10.1. The topological polar surface area (TPSA) is 40.5 Å². The normalized spacial score (nSPS) is 24.8. The van der Waals surface area contributed by atoms with E-state index in [0.717, 1.165) is 13.0 Å². The molecule has 0 amide bonds. The van der Waals surface area contributed by atoms with Gasteiger partial charge in [0.05, 0.1) is 5.92 Å². The number of rotatable bonds is 2. The molecule has 0 aliphatic carbocycles. The summed E-state index contributed by atoms with van der Waals surface area (Å²) in [6, 6.07) is 0. The molecule has 0 aromatic carbocycles. The van der Waals surface area contributed by atoms with Gasteiger partial charge >= 0.3 is 5.97 Å². The van der Waals surface area contributed by atoms with Crippen LogP contribution >= 0.6 is 0 Å². The van der Waals surface area contributed by atoms with Crippen LogP contribution in [0.5, 0.6) is 0 Å². The summed E-state index contributed by atoms with van der Waals surface area (Å²) >= 11 is 0. The van der Waals surface area contributed by atoms with Gasteiger partial charge in [-0.2, -0.15) is 0 Å². The molecule has 0 aromatic rings. The second-order valence-electron chi connectivity index (χ2n) is 2.50. The van der Waals surface area contributed by atoms with E-state index < -0.39 is 5.97 Å². The lowest BCUT2D eigenvalue weighted by molar-refractivity contribution is -0.141. The van der Waals surface area contributed by atoms with E-state index in [2.05, 4.69) is 6.58 Å². The Balaban J connectivity index is 2.42. The summed E-state index contributed by atoms with van der Waals surface area (Å²) in [5, 5.41) is 8.57. The van der Waals surface area contributed by atoms with Crippen LogP contribution in [0, 0.1) is 5.92 Å². The first-order valence-electron chi connectivity index (χ1n) is 3.33. The third kappa shape index (κ3) is 1.29. The van der Waals surface area contributed by atoms with Crippen molar-refractivity contribution in [1.82, 2.24) is 4.90 Å². The van der Waals surface area contributed by atoms with Gasteiger partial charge in [0.15, 0.2) is 0 Å². The standard InChI is InChI=1S/C7H11NO2/c1-2-8-4-3-6(5-8)7(9)10/h2,6H,1,3-5H2,(H,9,10). The minimum Gasteiger partial charge on any atom is -0.481 e. The zero-order valence-corrected chi connectivity index (χ0v) is 5.79. The number of likely N-dealkylation sites (tertiary alicyclic amines) is 1. The van der Waals surface area contributed by atoms with Crippen LogP contribution in [0.4, 0.5) is 0 Å². The highest BCUT2D eigenvalue weighted by atomic mass is 16.4. The summed E-state index contributed by atoms with van der Waals surface area (Å²) in [6.45, 7) is 5.03. The lowest BCUT2D eigenvalue weighted by Crippen LogP contribution is -2.18. The maximum atomic E-state index is 10.4. The summed E-state index contributed by atoms with van der Waals surface area (Å²) in [5.74, 6) is -0.873. The second kappa shape index (κ2) is 2.73. The lowest BCUT2D eigenvalue weighted by Gasteiger charge is -2.09. The van der Waals surface area contributed by atoms with Gasteiger partial charge in [-0.05, 0) is 12.6 Å². The Morgan fingerprint density at radius 2 is 2.50 bits per heavy atom. The molecule has 1 atom stereocenters. The number of hydrogen-bond donors (Lipinski definition) is 1. The number of aliphatic carboxylic acids is 1. The van der Waals surface area contributed by atoms with E-state index in [1.54, 1.807) is 6.20 Å². The van der Waals surface area contributed by atoms with Crippen molar-refractivity contribution in [2.75, 3.05) is 13.1 Å². The van der Waals surface area contributed by atoms with Gasteiger partial charge in [0.1, 0.15) is 0 Å². The van der Waals surface area contributed by atoms with Crippen molar-refractivity contribution < 1.29 is 9.90 Å². The Labute approximate surface area is 59.9 Å². The molecule has 10 heavy (non-hydrogen) atoms. The summed E-state index contributed by atoms with van der Waals surface area (Å²) in [5.41, 5.74) is 0. The first kappa shape index (κ1) is 7.12. The molecule has 1 N–H and O–H groups in total. The molecule has 3 nitrogen and oxygen atoms in total. The Kier molecular flexibility index (Phi) is 1.94. The zero-order valence-electron chi connectivity index (χ0n) is 5.79. The van der Waals surface area contributed by atoms with Crippen LogP contribution in [-0.2, 0) is 4.79 Å². The molecule has 1 fully saturated rings. The Bertz CT molecular complexity index is 156. The third-order valence-corrected chi connectivity index (χ3v) is 1.83. The monoisotopic (exact) mass is 141 g/mol. The van der Waals surface area contributed by atoms with Crippen molar-refractivity contribution in [3.63, 3.8) is 0 Å². The maximum Gasteiger partial charge on any atom is 0.308 e. The molecule has 1 heterocycles. The molecule has 1 aliphatic rings. The van der Waals surface area contributed by atoms with E-state index in [0.29, 0.717) is 6.54 Å². The number of hydrogen-bond acceptors (Lipinski definition) is 2. The first-order chi connectivity index (χ1) is 4.74.